The van der Waals surface area contributed by atoms with Gasteiger partial charge in [0.25, 0.3) is 0 Å². The van der Waals surface area contributed by atoms with Crippen LogP contribution in [0.25, 0.3) is 6.20 Å². The Kier molecular flexibility index (Phi) is 4.00. The summed E-state index contributed by atoms with van der Waals surface area (Å²) >= 11 is 0. The Morgan fingerprint density at radius 2 is 2.35 bits per heavy atom. The van der Waals surface area contributed by atoms with Crippen LogP contribution >= 0.6 is 0 Å². The summed E-state index contributed by atoms with van der Waals surface area (Å²) in [4.78, 5) is 0. The van der Waals surface area contributed by atoms with Crippen LogP contribution < -0.4 is 5.32 Å². The van der Waals surface area contributed by atoms with Crippen molar-refractivity contribution in [3.8, 4) is 0 Å². The minimum Gasteiger partial charge on any atom is -0.310 e. The van der Waals surface area contributed by atoms with Gasteiger partial charge in [-0.25, -0.2) is 4.68 Å². The molecule has 1 aliphatic carbocycles. The van der Waals surface area contributed by atoms with Crippen LogP contribution in [0.2, 0.25) is 0 Å². The number of nitrogens with zero attached hydrogens (tertiary/aromatic N) is 2. The molecule has 2 rings (SSSR count). The molecule has 3 unspecified atom stereocenters. The Bertz CT molecular complexity index is 369. The lowest BCUT2D eigenvalue weighted by atomic mass is 9.78. The molecule has 1 aromatic heterocycles. The quantitative estimate of drug-likeness (QED) is 0.866. The van der Waals surface area contributed by atoms with Crippen LogP contribution in [-0.4, -0.2) is 15.8 Å². The average Bonchev–Trinajstić information content (AvgIpc) is 2.79. The molecule has 0 radical (unpaired) electrons. The lowest BCUT2D eigenvalue weighted by Gasteiger charge is -2.34. The van der Waals surface area contributed by atoms with Crippen molar-refractivity contribution in [1.82, 2.24) is 15.1 Å². The summed E-state index contributed by atoms with van der Waals surface area (Å²) in [6.45, 7) is 9.35. The van der Waals surface area contributed by atoms with Crippen molar-refractivity contribution in [3.63, 3.8) is 0 Å². The van der Waals surface area contributed by atoms with Gasteiger partial charge in [0.1, 0.15) is 0 Å². The first-order valence-electron chi connectivity index (χ1n) is 6.59. The normalized spacial score (nSPS) is 29.2. The highest BCUT2D eigenvalue weighted by molar-refractivity contribution is 5.17. The summed E-state index contributed by atoms with van der Waals surface area (Å²) in [6, 6.07) is 0.658. The second kappa shape index (κ2) is 5.50. The summed E-state index contributed by atoms with van der Waals surface area (Å²) < 4.78 is 1.75. The summed E-state index contributed by atoms with van der Waals surface area (Å²) in [5, 5.41) is 7.86. The molecular formula is C14H23N3. The molecule has 0 spiro atoms. The summed E-state index contributed by atoms with van der Waals surface area (Å²) in [6.07, 6.45) is 9.70. The van der Waals surface area contributed by atoms with Gasteiger partial charge in [-0.1, -0.05) is 33.3 Å². The van der Waals surface area contributed by atoms with Crippen molar-refractivity contribution < 1.29 is 0 Å². The van der Waals surface area contributed by atoms with E-state index in [9.17, 15) is 0 Å². The molecule has 0 amide bonds. The summed E-state index contributed by atoms with van der Waals surface area (Å²) in [7, 11) is 0. The minimum atomic E-state index is 0.658. The Hall–Kier alpha value is -1.09. The molecule has 0 bridgehead atoms. The van der Waals surface area contributed by atoms with Crippen LogP contribution in [0.5, 0.6) is 0 Å². The molecule has 94 valence electrons. The van der Waals surface area contributed by atoms with Gasteiger partial charge >= 0.3 is 0 Å². The van der Waals surface area contributed by atoms with Gasteiger partial charge in [0.15, 0.2) is 0 Å². The Morgan fingerprint density at radius 3 is 3.06 bits per heavy atom. The zero-order valence-corrected chi connectivity index (χ0v) is 10.9. The first-order chi connectivity index (χ1) is 8.20. The number of nitrogens with one attached hydrogen (secondary N) is 1. The number of hydrogen-bond acceptors (Lipinski definition) is 2. The minimum absolute atomic E-state index is 0.658. The van der Waals surface area contributed by atoms with Crippen molar-refractivity contribution in [2.75, 3.05) is 0 Å². The van der Waals surface area contributed by atoms with Crippen molar-refractivity contribution >= 4 is 6.20 Å². The van der Waals surface area contributed by atoms with Gasteiger partial charge in [0.05, 0.1) is 6.20 Å². The fraction of sp³-hybridized carbons (Fsp3) is 0.643. The Labute approximate surface area is 104 Å². The first kappa shape index (κ1) is 12.4. The van der Waals surface area contributed by atoms with E-state index in [1.54, 1.807) is 10.9 Å². The van der Waals surface area contributed by atoms with E-state index in [2.05, 4.69) is 30.8 Å². The molecule has 3 atom stereocenters. The van der Waals surface area contributed by atoms with E-state index in [4.69, 9.17) is 0 Å². The maximum Gasteiger partial charge on any atom is 0.0538 e. The van der Waals surface area contributed by atoms with E-state index in [-0.39, 0.29) is 0 Å². The SMILES string of the molecule is C=Cn1cc(CNC2CCCC(C)C2C)cn1. The standard InChI is InChI=1S/C14H23N3/c1-4-17-10-13(9-16-17)8-15-14-7-5-6-11(2)12(14)3/h4,9-12,14-15H,1,5-8H2,2-3H3. The third kappa shape index (κ3) is 2.97. The third-order valence-electron chi connectivity index (χ3n) is 4.12. The van der Waals surface area contributed by atoms with E-state index in [1.165, 1.54) is 24.8 Å². The van der Waals surface area contributed by atoms with Crippen LogP contribution in [0.15, 0.2) is 19.0 Å². The highest BCUT2D eigenvalue weighted by atomic mass is 15.2. The molecule has 0 saturated heterocycles. The molecule has 1 saturated carbocycles. The van der Waals surface area contributed by atoms with E-state index in [0.717, 1.165) is 18.4 Å². The van der Waals surface area contributed by atoms with Crippen molar-refractivity contribution in [2.24, 2.45) is 11.8 Å². The van der Waals surface area contributed by atoms with Crippen LogP contribution in [0.3, 0.4) is 0 Å². The van der Waals surface area contributed by atoms with Crippen molar-refractivity contribution in [2.45, 2.75) is 45.7 Å². The second-order valence-electron chi connectivity index (χ2n) is 5.27. The average molecular weight is 233 g/mol. The van der Waals surface area contributed by atoms with Gasteiger partial charge in [-0.15, -0.1) is 0 Å². The maximum absolute atomic E-state index is 4.19. The fourth-order valence-corrected chi connectivity index (χ4v) is 2.69. The zero-order chi connectivity index (χ0) is 12.3. The van der Waals surface area contributed by atoms with Crippen molar-refractivity contribution in [1.29, 1.82) is 0 Å². The third-order valence-corrected chi connectivity index (χ3v) is 4.12. The van der Waals surface area contributed by atoms with Crippen LogP contribution in [0.4, 0.5) is 0 Å². The molecule has 1 fully saturated rings. The second-order valence-corrected chi connectivity index (χ2v) is 5.27. The summed E-state index contributed by atoms with van der Waals surface area (Å²) in [5.74, 6) is 1.62. The van der Waals surface area contributed by atoms with Gasteiger partial charge in [0.2, 0.25) is 0 Å². The molecule has 0 aliphatic heterocycles. The monoisotopic (exact) mass is 233 g/mol. The molecule has 3 heteroatoms. The van der Waals surface area contributed by atoms with Gasteiger partial charge < -0.3 is 5.32 Å². The fourth-order valence-electron chi connectivity index (χ4n) is 2.69. The summed E-state index contributed by atoms with van der Waals surface area (Å²) in [5.41, 5.74) is 1.23. The smallest absolute Gasteiger partial charge is 0.0538 e. The lowest BCUT2D eigenvalue weighted by molar-refractivity contribution is 0.206. The highest BCUT2D eigenvalue weighted by Crippen LogP contribution is 2.29. The molecular weight excluding hydrogens is 210 g/mol. The van der Waals surface area contributed by atoms with Crippen LogP contribution in [0.1, 0.15) is 38.7 Å². The molecule has 3 nitrogen and oxygen atoms in total. The van der Waals surface area contributed by atoms with Gasteiger partial charge in [0, 0.05) is 30.5 Å². The van der Waals surface area contributed by atoms with E-state index in [1.807, 2.05) is 12.4 Å². The zero-order valence-electron chi connectivity index (χ0n) is 10.9. The predicted molar refractivity (Wildman–Crippen MR) is 71.4 cm³/mol. The van der Waals surface area contributed by atoms with Crippen molar-refractivity contribution in [3.05, 3.63) is 24.5 Å². The van der Waals surface area contributed by atoms with E-state index < -0.39 is 0 Å². The van der Waals surface area contributed by atoms with Gasteiger partial charge in [-0.2, -0.15) is 5.10 Å². The van der Waals surface area contributed by atoms with Crippen LogP contribution in [0, 0.1) is 11.8 Å². The highest BCUT2D eigenvalue weighted by Gasteiger charge is 2.26. The van der Waals surface area contributed by atoms with Gasteiger partial charge in [-0.3, -0.25) is 0 Å². The lowest BCUT2D eigenvalue weighted by Crippen LogP contribution is -2.40. The van der Waals surface area contributed by atoms with E-state index >= 15 is 0 Å². The molecule has 1 N–H and O–H groups in total. The van der Waals surface area contributed by atoms with E-state index in [0.29, 0.717) is 6.04 Å². The maximum atomic E-state index is 4.19. The molecule has 0 aromatic carbocycles. The number of hydrogen-bond donors (Lipinski definition) is 1. The Morgan fingerprint density at radius 1 is 1.53 bits per heavy atom. The first-order valence-corrected chi connectivity index (χ1v) is 6.59. The largest absolute Gasteiger partial charge is 0.310 e. The van der Waals surface area contributed by atoms with Gasteiger partial charge in [-0.05, 0) is 18.3 Å². The van der Waals surface area contributed by atoms with Crippen LogP contribution in [-0.2, 0) is 6.54 Å². The molecule has 1 heterocycles. The Balaban J connectivity index is 1.86. The molecule has 1 aliphatic rings. The number of rotatable bonds is 4. The molecule has 17 heavy (non-hydrogen) atoms. The topological polar surface area (TPSA) is 29.9 Å². The molecule has 1 aromatic rings. The number of aromatic nitrogens is 2. The predicted octanol–water partition coefficient (Wildman–Crippen LogP) is 2.90.